The summed E-state index contributed by atoms with van der Waals surface area (Å²) < 4.78 is 33.2. The van der Waals surface area contributed by atoms with E-state index in [1.54, 1.807) is 0 Å². The second kappa shape index (κ2) is 29.3. The molecule has 6 heteroatoms. The Kier molecular flexibility index (Phi) is 30.8. The standard InChI is InChI=1S/C25H53N.C8H18O4S/c1-4-7-10-13-16-19-22-25(26,23-20-17-14-11-8-5-2)24-21-18-15-12-9-6-3;1-3-5-6-8(4-2)7-12-13(9,10)11/h4-24,26H2,1-3H3;8H,3-7H2,1-2H3,(H,9,10,11). The highest BCUT2D eigenvalue weighted by Gasteiger charge is 2.23. The average molecular weight is 578 g/mol. The predicted octanol–water partition coefficient (Wildman–Crippen LogP) is 11.0. The first-order valence-corrected chi connectivity index (χ1v) is 18.4. The fourth-order valence-corrected chi connectivity index (χ4v) is 5.59. The lowest BCUT2D eigenvalue weighted by atomic mass is 9.82. The second-order valence-electron chi connectivity index (χ2n) is 12.0. The number of unbranched alkanes of at least 4 members (excludes halogenated alkanes) is 16. The number of nitrogens with two attached hydrogens (primary N) is 1. The maximum Gasteiger partial charge on any atom is 0.397 e. The van der Waals surface area contributed by atoms with Crippen LogP contribution in [0.25, 0.3) is 0 Å². The van der Waals surface area contributed by atoms with E-state index >= 15 is 0 Å². The molecule has 0 radical (unpaired) electrons. The lowest BCUT2D eigenvalue weighted by Crippen LogP contribution is -2.39. The van der Waals surface area contributed by atoms with E-state index in [2.05, 4.69) is 31.9 Å². The first-order valence-electron chi connectivity index (χ1n) is 17.1. The molecule has 0 aromatic carbocycles. The minimum atomic E-state index is -4.25. The van der Waals surface area contributed by atoms with Gasteiger partial charge >= 0.3 is 10.4 Å². The van der Waals surface area contributed by atoms with Crippen LogP contribution in [0.1, 0.15) is 195 Å². The Hall–Kier alpha value is -0.170. The van der Waals surface area contributed by atoms with Crippen molar-refractivity contribution in [3.63, 3.8) is 0 Å². The van der Waals surface area contributed by atoms with Crippen LogP contribution < -0.4 is 5.73 Å². The van der Waals surface area contributed by atoms with Gasteiger partial charge in [0.2, 0.25) is 0 Å². The summed E-state index contributed by atoms with van der Waals surface area (Å²) >= 11 is 0. The monoisotopic (exact) mass is 578 g/mol. The van der Waals surface area contributed by atoms with Crippen LogP contribution in [0, 0.1) is 5.92 Å². The van der Waals surface area contributed by atoms with Gasteiger partial charge in [0.05, 0.1) is 6.61 Å². The Labute approximate surface area is 246 Å². The van der Waals surface area contributed by atoms with Gasteiger partial charge in [0.1, 0.15) is 0 Å². The van der Waals surface area contributed by atoms with Crippen LogP contribution in [0.15, 0.2) is 0 Å². The quantitative estimate of drug-likeness (QED) is 0.0713. The van der Waals surface area contributed by atoms with Crippen LogP contribution in [-0.4, -0.2) is 25.1 Å². The maximum absolute atomic E-state index is 10.3. The molecule has 238 valence electrons. The molecular formula is C33H71NO4S. The topological polar surface area (TPSA) is 89.6 Å². The molecule has 1 unspecified atom stereocenters. The smallest absolute Gasteiger partial charge is 0.325 e. The first kappa shape index (κ1) is 41.0. The number of rotatable bonds is 28. The normalized spacial score (nSPS) is 12.8. The van der Waals surface area contributed by atoms with Gasteiger partial charge in [-0.3, -0.25) is 4.55 Å². The van der Waals surface area contributed by atoms with Crippen molar-refractivity contribution in [1.82, 2.24) is 0 Å². The Morgan fingerprint density at radius 1 is 0.590 bits per heavy atom. The zero-order valence-corrected chi connectivity index (χ0v) is 27.9. The number of hydrogen-bond acceptors (Lipinski definition) is 4. The minimum absolute atomic E-state index is 0.0926. The maximum atomic E-state index is 10.3. The molecule has 0 rings (SSSR count). The fourth-order valence-electron chi connectivity index (χ4n) is 5.23. The molecule has 0 amide bonds. The summed E-state index contributed by atoms with van der Waals surface area (Å²) in [5.41, 5.74) is 7.06. The van der Waals surface area contributed by atoms with Gasteiger partial charge in [-0.1, -0.05) is 169 Å². The van der Waals surface area contributed by atoms with Crippen molar-refractivity contribution < 1.29 is 17.2 Å². The van der Waals surface area contributed by atoms with Crippen molar-refractivity contribution in [1.29, 1.82) is 0 Å². The highest BCUT2D eigenvalue weighted by atomic mass is 32.3. The van der Waals surface area contributed by atoms with E-state index in [1.165, 1.54) is 135 Å². The SMILES string of the molecule is CCCCC(CC)COS(=O)(=O)O.CCCCCCCCC(N)(CCCCCCCC)CCCCCCCC. The Balaban J connectivity index is 0. The third kappa shape index (κ3) is 32.2. The van der Waals surface area contributed by atoms with Crippen LogP contribution in [0.3, 0.4) is 0 Å². The van der Waals surface area contributed by atoms with E-state index in [0.29, 0.717) is 0 Å². The van der Waals surface area contributed by atoms with Gasteiger partial charge < -0.3 is 5.73 Å². The molecule has 0 aromatic rings. The average Bonchev–Trinajstić information content (AvgIpc) is 2.90. The zero-order chi connectivity index (χ0) is 29.7. The van der Waals surface area contributed by atoms with Gasteiger partial charge in [-0.2, -0.15) is 8.42 Å². The van der Waals surface area contributed by atoms with Crippen molar-refractivity contribution in [2.24, 2.45) is 11.7 Å². The summed E-state index contributed by atoms with van der Waals surface area (Å²) in [7, 11) is -4.25. The van der Waals surface area contributed by atoms with Gasteiger partial charge in [-0.05, 0) is 31.6 Å². The van der Waals surface area contributed by atoms with E-state index in [4.69, 9.17) is 10.3 Å². The van der Waals surface area contributed by atoms with Gasteiger partial charge in [0.25, 0.3) is 0 Å². The van der Waals surface area contributed by atoms with E-state index in [1.807, 2.05) is 6.92 Å². The van der Waals surface area contributed by atoms with Crippen molar-refractivity contribution in [2.45, 2.75) is 201 Å². The summed E-state index contributed by atoms with van der Waals surface area (Å²) in [4.78, 5) is 0. The summed E-state index contributed by atoms with van der Waals surface area (Å²) in [6, 6.07) is 0. The Morgan fingerprint density at radius 3 is 1.23 bits per heavy atom. The van der Waals surface area contributed by atoms with Gasteiger partial charge in [-0.15, -0.1) is 0 Å². The van der Waals surface area contributed by atoms with Crippen molar-refractivity contribution in [3.05, 3.63) is 0 Å². The van der Waals surface area contributed by atoms with Crippen LogP contribution in [0.4, 0.5) is 0 Å². The summed E-state index contributed by atoms with van der Waals surface area (Å²) in [5, 5.41) is 0. The van der Waals surface area contributed by atoms with Gasteiger partial charge in [0, 0.05) is 5.54 Å². The molecule has 0 fully saturated rings. The first-order chi connectivity index (χ1) is 18.7. The third-order valence-corrected chi connectivity index (χ3v) is 8.51. The molecule has 3 N–H and O–H groups in total. The van der Waals surface area contributed by atoms with Crippen molar-refractivity contribution in [2.75, 3.05) is 6.61 Å². The lowest BCUT2D eigenvalue weighted by Gasteiger charge is -2.30. The lowest BCUT2D eigenvalue weighted by molar-refractivity contribution is 0.211. The molecule has 0 saturated heterocycles. The third-order valence-electron chi connectivity index (χ3n) is 8.08. The molecule has 5 nitrogen and oxygen atoms in total. The predicted molar refractivity (Wildman–Crippen MR) is 172 cm³/mol. The van der Waals surface area contributed by atoms with Crippen LogP contribution >= 0.6 is 0 Å². The number of hydrogen-bond donors (Lipinski definition) is 2. The molecule has 0 spiro atoms. The molecule has 0 aromatic heterocycles. The fraction of sp³-hybridized carbons (Fsp3) is 1.00. The van der Waals surface area contributed by atoms with E-state index in [-0.39, 0.29) is 18.1 Å². The van der Waals surface area contributed by atoms with Gasteiger partial charge in [0.15, 0.2) is 0 Å². The molecule has 0 aliphatic rings. The zero-order valence-electron chi connectivity index (χ0n) is 27.1. The Morgan fingerprint density at radius 2 is 0.923 bits per heavy atom. The van der Waals surface area contributed by atoms with Crippen LogP contribution in [-0.2, 0) is 14.6 Å². The largest absolute Gasteiger partial charge is 0.397 e. The molecular weight excluding hydrogens is 506 g/mol. The molecule has 0 saturated carbocycles. The minimum Gasteiger partial charge on any atom is -0.325 e. The molecule has 39 heavy (non-hydrogen) atoms. The van der Waals surface area contributed by atoms with Crippen LogP contribution in [0.5, 0.6) is 0 Å². The van der Waals surface area contributed by atoms with E-state index in [0.717, 1.165) is 25.7 Å². The van der Waals surface area contributed by atoms with Crippen molar-refractivity contribution >= 4 is 10.4 Å². The van der Waals surface area contributed by atoms with Crippen molar-refractivity contribution in [3.8, 4) is 0 Å². The van der Waals surface area contributed by atoms with E-state index in [9.17, 15) is 8.42 Å². The summed E-state index contributed by atoms with van der Waals surface area (Å²) in [6.07, 6.45) is 32.8. The Bertz CT molecular complexity index is 541. The van der Waals surface area contributed by atoms with E-state index < -0.39 is 10.4 Å². The van der Waals surface area contributed by atoms with Gasteiger partial charge in [-0.25, -0.2) is 4.18 Å². The molecule has 1 atom stereocenters. The molecule has 0 bridgehead atoms. The highest BCUT2D eigenvalue weighted by molar-refractivity contribution is 7.80. The highest BCUT2D eigenvalue weighted by Crippen LogP contribution is 2.27. The molecule has 0 heterocycles. The summed E-state index contributed by atoms with van der Waals surface area (Å²) in [6.45, 7) is 11.0. The summed E-state index contributed by atoms with van der Waals surface area (Å²) in [5.74, 6) is 0.224. The van der Waals surface area contributed by atoms with Crippen LogP contribution in [0.2, 0.25) is 0 Å². The molecule has 0 aliphatic heterocycles. The molecule has 0 aliphatic carbocycles. The second-order valence-corrected chi connectivity index (χ2v) is 13.1.